The van der Waals surface area contributed by atoms with Crippen LogP contribution in [0.3, 0.4) is 0 Å². The lowest BCUT2D eigenvalue weighted by Crippen LogP contribution is -2.35. The Kier molecular flexibility index (Phi) is 5.58. The smallest absolute Gasteiger partial charge is 0.258 e. The Balaban J connectivity index is 1.37. The van der Waals surface area contributed by atoms with Crippen molar-refractivity contribution in [2.45, 2.75) is 44.4 Å². The lowest BCUT2D eigenvalue weighted by Gasteiger charge is -2.26. The third kappa shape index (κ3) is 3.98. The first-order chi connectivity index (χ1) is 15.8. The quantitative estimate of drug-likeness (QED) is 0.588. The summed E-state index contributed by atoms with van der Waals surface area (Å²) in [4.78, 5) is 15.3. The van der Waals surface area contributed by atoms with E-state index < -0.39 is 10.0 Å². The van der Waals surface area contributed by atoms with Gasteiger partial charge in [-0.05, 0) is 87.2 Å². The number of rotatable bonds is 4. The number of piperidine rings is 1. The molecule has 2 aliphatic heterocycles. The summed E-state index contributed by atoms with van der Waals surface area (Å²) in [5.41, 5.74) is 5.18. The van der Waals surface area contributed by atoms with Gasteiger partial charge in [-0.25, -0.2) is 13.1 Å². The number of carbonyl (C=O) groups excluding carboxylic acids is 1. The number of amides is 1. The molecule has 0 N–H and O–H groups in total. The van der Waals surface area contributed by atoms with Crippen molar-refractivity contribution in [2.75, 3.05) is 24.5 Å². The first-order valence-electron chi connectivity index (χ1n) is 11.4. The number of nitrogens with zero attached hydrogens (tertiary/aromatic N) is 4. The van der Waals surface area contributed by atoms with Gasteiger partial charge in [-0.2, -0.15) is 9.40 Å². The largest absolute Gasteiger partial charge is 0.308 e. The van der Waals surface area contributed by atoms with E-state index in [2.05, 4.69) is 5.10 Å². The molecule has 172 valence electrons. The molecule has 1 saturated heterocycles. The van der Waals surface area contributed by atoms with Gasteiger partial charge in [-0.15, -0.1) is 0 Å². The van der Waals surface area contributed by atoms with Crippen molar-refractivity contribution >= 4 is 21.6 Å². The van der Waals surface area contributed by atoms with Gasteiger partial charge >= 0.3 is 0 Å². The minimum atomic E-state index is -3.48. The molecule has 2 aliphatic rings. The lowest BCUT2D eigenvalue weighted by molar-refractivity contribution is 0.0989. The fourth-order valence-electron chi connectivity index (χ4n) is 4.80. The van der Waals surface area contributed by atoms with E-state index >= 15 is 0 Å². The van der Waals surface area contributed by atoms with Crippen LogP contribution in [0.1, 0.15) is 46.6 Å². The third-order valence-electron chi connectivity index (χ3n) is 6.51. The highest BCUT2D eigenvalue weighted by Crippen LogP contribution is 2.33. The monoisotopic (exact) mass is 464 g/mol. The predicted molar refractivity (Wildman–Crippen MR) is 127 cm³/mol. The highest BCUT2D eigenvalue weighted by molar-refractivity contribution is 7.89. The van der Waals surface area contributed by atoms with E-state index in [9.17, 15) is 13.2 Å². The predicted octanol–water partition coefficient (Wildman–Crippen LogP) is 3.87. The van der Waals surface area contributed by atoms with Crippen LogP contribution in [-0.2, 0) is 16.4 Å². The molecule has 0 spiro atoms. The van der Waals surface area contributed by atoms with Crippen LogP contribution in [0.4, 0.5) is 5.69 Å². The second kappa shape index (κ2) is 8.43. The third-order valence-corrected chi connectivity index (χ3v) is 8.41. The molecule has 1 fully saturated rings. The van der Waals surface area contributed by atoms with Crippen LogP contribution in [0.15, 0.2) is 53.4 Å². The van der Waals surface area contributed by atoms with Crippen LogP contribution >= 0.6 is 0 Å². The molecule has 2 aromatic carbocycles. The number of aryl methyl sites for hydroxylation is 2. The van der Waals surface area contributed by atoms with Gasteiger partial charge in [0.05, 0.1) is 16.3 Å². The molecule has 33 heavy (non-hydrogen) atoms. The van der Waals surface area contributed by atoms with Crippen molar-refractivity contribution in [3.63, 3.8) is 0 Å². The van der Waals surface area contributed by atoms with E-state index in [0.717, 1.165) is 47.6 Å². The Labute approximate surface area is 194 Å². The fourth-order valence-corrected chi connectivity index (χ4v) is 6.36. The van der Waals surface area contributed by atoms with Crippen LogP contribution < -0.4 is 4.90 Å². The summed E-state index contributed by atoms with van der Waals surface area (Å²) in [5.74, 6) is -0.0831. The summed E-state index contributed by atoms with van der Waals surface area (Å²) in [6.07, 6.45) is 3.54. The molecule has 0 bridgehead atoms. The van der Waals surface area contributed by atoms with Gasteiger partial charge < -0.3 is 4.90 Å². The zero-order valence-corrected chi connectivity index (χ0v) is 19.8. The number of aromatic nitrogens is 2. The van der Waals surface area contributed by atoms with Gasteiger partial charge in [0.1, 0.15) is 0 Å². The van der Waals surface area contributed by atoms with E-state index in [4.69, 9.17) is 0 Å². The topological polar surface area (TPSA) is 75.5 Å². The van der Waals surface area contributed by atoms with E-state index in [1.807, 2.05) is 48.9 Å². The normalized spacial score (nSPS) is 16.7. The van der Waals surface area contributed by atoms with Gasteiger partial charge in [0.15, 0.2) is 0 Å². The van der Waals surface area contributed by atoms with E-state index in [-0.39, 0.29) is 5.91 Å². The minimum absolute atomic E-state index is 0.0831. The van der Waals surface area contributed by atoms with Crippen LogP contribution in [-0.4, -0.2) is 48.0 Å². The second-order valence-electron chi connectivity index (χ2n) is 8.85. The highest BCUT2D eigenvalue weighted by Gasteiger charge is 2.30. The highest BCUT2D eigenvalue weighted by atomic mass is 32.2. The maximum Gasteiger partial charge on any atom is 0.258 e. The van der Waals surface area contributed by atoms with Gasteiger partial charge in [-0.3, -0.25) is 4.79 Å². The molecule has 0 unspecified atom stereocenters. The van der Waals surface area contributed by atoms with Crippen LogP contribution in [0.2, 0.25) is 0 Å². The molecule has 0 atom stereocenters. The van der Waals surface area contributed by atoms with Gasteiger partial charge in [-0.1, -0.05) is 6.42 Å². The first-order valence-corrected chi connectivity index (χ1v) is 12.9. The summed E-state index contributed by atoms with van der Waals surface area (Å²) in [5, 5.41) is 4.49. The minimum Gasteiger partial charge on any atom is -0.308 e. The number of anilines is 1. The summed E-state index contributed by atoms with van der Waals surface area (Å²) in [6.45, 7) is 5.66. The molecule has 3 heterocycles. The molecule has 5 rings (SSSR count). The molecule has 0 saturated carbocycles. The van der Waals surface area contributed by atoms with E-state index in [1.54, 1.807) is 27.4 Å². The molecule has 7 nitrogen and oxygen atoms in total. The molecule has 0 aliphatic carbocycles. The second-order valence-corrected chi connectivity index (χ2v) is 10.8. The lowest BCUT2D eigenvalue weighted by atomic mass is 10.1. The summed E-state index contributed by atoms with van der Waals surface area (Å²) >= 11 is 0. The number of sulfonamides is 1. The summed E-state index contributed by atoms with van der Waals surface area (Å²) in [7, 11) is -3.48. The number of carbonyl (C=O) groups is 1. The fraction of sp³-hybridized carbons (Fsp3) is 0.360. The number of benzene rings is 2. The number of hydrogen-bond donors (Lipinski definition) is 0. The average Bonchev–Trinajstić information content (AvgIpc) is 3.41. The standard InChI is InChI=1S/C25H28N4O3S/c1-18-16-19(2)29(26-18)22-8-6-20(7-9-22)25(30)28-15-12-21-17-23(10-11-24(21)28)33(31,32)27-13-4-3-5-14-27/h6-11,16-17H,3-5,12-15H2,1-2H3. The van der Waals surface area contributed by atoms with Gasteiger partial charge in [0.2, 0.25) is 10.0 Å². The first kappa shape index (κ1) is 21.9. The molecule has 0 radical (unpaired) electrons. The Morgan fingerprint density at radius 2 is 1.64 bits per heavy atom. The Bertz CT molecular complexity index is 1310. The van der Waals surface area contributed by atoms with Crippen molar-refractivity contribution in [3.8, 4) is 5.69 Å². The molecule has 1 amide bonds. The van der Waals surface area contributed by atoms with Gasteiger partial charge in [0, 0.05) is 36.6 Å². The SMILES string of the molecule is Cc1cc(C)n(-c2ccc(C(=O)N3CCc4cc(S(=O)(=O)N5CCCCC5)ccc43)cc2)n1. The molecular weight excluding hydrogens is 436 g/mol. The number of fused-ring (bicyclic) bond motifs is 1. The Morgan fingerprint density at radius 1 is 0.909 bits per heavy atom. The van der Waals surface area contributed by atoms with Crippen molar-refractivity contribution < 1.29 is 13.2 Å². The summed E-state index contributed by atoms with van der Waals surface area (Å²) in [6, 6.07) is 14.6. The van der Waals surface area contributed by atoms with Gasteiger partial charge in [0.25, 0.3) is 5.91 Å². The number of hydrogen-bond acceptors (Lipinski definition) is 4. The molecule has 8 heteroatoms. The van der Waals surface area contributed by atoms with E-state index in [0.29, 0.717) is 36.5 Å². The Hall–Kier alpha value is -2.97. The summed E-state index contributed by atoms with van der Waals surface area (Å²) < 4.78 is 29.5. The molecular formula is C25H28N4O3S. The van der Waals surface area contributed by atoms with Crippen molar-refractivity contribution in [1.29, 1.82) is 0 Å². The van der Waals surface area contributed by atoms with E-state index in [1.165, 1.54) is 0 Å². The van der Waals surface area contributed by atoms with Crippen LogP contribution in [0.5, 0.6) is 0 Å². The van der Waals surface area contributed by atoms with Crippen molar-refractivity contribution in [2.24, 2.45) is 0 Å². The van der Waals surface area contributed by atoms with Crippen LogP contribution in [0.25, 0.3) is 5.69 Å². The maximum atomic E-state index is 13.2. The van der Waals surface area contributed by atoms with Crippen molar-refractivity contribution in [1.82, 2.24) is 14.1 Å². The zero-order chi connectivity index (χ0) is 23.2. The van der Waals surface area contributed by atoms with Crippen molar-refractivity contribution in [3.05, 3.63) is 71.0 Å². The molecule has 3 aromatic rings. The Morgan fingerprint density at radius 3 is 2.30 bits per heavy atom. The average molecular weight is 465 g/mol. The van der Waals surface area contributed by atoms with Crippen LogP contribution in [0, 0.1) is 13.8 Å². The zero-order valence-electron chi connectivity index (χ0n) is 19.0. The maximum absolute atomic E-state index is 13.2. The molecule has 1 aromatic heterocycles.